The third-order valence-electron chi connectivity index (χ3n) is 4.91. The van der Waals surface area contributed by atoms with Gasteiger partial charge >= 0.3 is 0 Å². The topological polar surface area (TPSA) is 79.0 Å². The minimum atomic E-state index is -3.10. The minimum Gasteiger partial charge on any atom is -0.379 e. The molecule has 0 aromatic rings. The number of hydrogen-bond donors (Lipinski definition) is 1. The van der Waals surface area contributed by atoms with Gasteiger partial charge in [-0.15, -0.1) is 0 Å². The van der Waals surface area contributed by atoms with Crippen LogP contribution in [0, 0.1) is 0 Å². The van der Waals surface area contributed by atoms with Gasteiger partial charge in [0, 0.05) is 37.8 Å². The summed E-state index contributed by atoms with van der Waals surface area (Å²) < 4.78 is 27.8. The van der Waals surface area contributed by atoms with Gasteiger partial charge in [-0.2, -0.15) is 0 Å². The first-order valence-corrected chi connectivity index (χ1v) is 10.3. The molecular formula is C15H29N3O4S. The molecule has 0 aromatic heterocycles. The number of likely N-dealkylation sites (tertiary alicyclic amines) is 1. The highest BCUT2D eigenvalue weighted by Crippen LogP contribution is 2.29. The highest BCUT2D eigenvalue weighted by Gasteiger charge is 2.40. The van der Waals surface area contributed by atoms with Crippen molar-refractivity contribution >= 4 is 15.7 Å². The molecule has 0 atom stereocenters. The number of hydrogen-bond acceptors (Lipinski definition) is 6. The molecule has 0 unspecified atom stereocenters. The van der Waals surface area contributed by atoms with E-state index in [9.17, 15) is 13.2 Å². The molecule has 1 N–H and O–H groups in total. The van der Waals surface area contributed by atoms with Crippen LogP contribution >= 0.6 is 0 Å². The summed E-state index contributed by atoms with van der Waals surface area (Å²) >= 11 is 0. The molecule has 0 aromatic carbocycles. The van der Waals surface area contributed by atoms with Crippen molar-refractivity contribution in [2.75, 3.05) is 65.0 Å². The molecule has 2 aliphatic rings. The molecule has 1 amide bonds. The zero-order chi connectivity index (χ0) is 16.9. The van der Waals surface area contributed by atoms with Crippen LogP contribution in [0.1, 0.15) is 19.3 Å². The number of rotatable bonds is 6. The van der Waals surface area contributed by atoms with Gasteiger partial charge in [-0.3, -0.25) is 9.69 Å². The summed E-state index contributed by atoms with van der Waals surface area (Å²) in [5.74, 6) is -0.270. The fourth-order valence-electron chi connectivity index (χ4n) is 3.31. The van der Waals surface area contributed by atoms with Crippen LogP contribution in [0.4, 0.5) is 0 Å². The number of carbonyl (C=O) groups is 1. The molecule has 23 heavy (non-hydrogen) atoms. The third-order valence-corrected chi connectivity index (χ3v) is 5.86. The molecule has 2 saturated heterocycles. The molecule has 0 bridgehead atoms. The normalized spacial score (nSPS) is 23.6. The summed E-state index contributed by atoms with van der Waals surface area (Å²) in [4.78, 5) is 16.7. The Bertz CT molecular complexity index is 495. The number of ether oxygens (including phenoxy) is 1. The maximum atomic E-state index is 12.0. The van der Waals surface area contributed by atoms with E-state index in [1.54, 1.807) is 0 Å². The van der Waals surface area contributed by atoms with Gasteiger partial charge in [0.05, 0.1) is 19.0 Å². The highest BCUT2D eigenvalue weighted by molar-refractivity contribution is 7.90. The van der Waals surface area contributed by atoms with Crippen molar-refractivity contribution in [2.24, 2.45) is 0 Å². The summed E-state index contributed by atoms with van der Waals surface area (Å²) in [7, 11) is -0.981. The van der Waals surface area contributed by atoms with Gasteiger partial charge in [0.2, 0.25) is 5.91 Å². The first-order valence-electron chi connectivity index (χ1n) is 8.27. The first kappa shape index (κ1) is 18.6. The minimum absolute atomic E-state index is 0.0307. The zero-order valence-electron chi connectivity index (χ0n) is 14.2. The van der Waals surface area contributed by atoms with Gasteiger partial charge in [-0.25, -0.2) is 8.42 Å². The lowest BCUT2D eigenvalue weighted by molar-refractivity contribution is -0.122. The monoisotopic (exact) mass is 347 g/mol. The second-order valence-corrected chi connectivity index (χ2v) is 9.04. The molecule has 0 saturated carbocycles. The molecular weight excluding hydrogens is 318 g/mol. The average molecular weight is 347 g/mol. The summed E-state index contributed by atoms with van der Waals surface area (Å²) in [6.07, 6.45) is 3.22. The summed E-state index contributed by atoms with van der Waals surface area (Å²) in [6, 6.07) is 0. The van der Waals surface area contributed by atoms with E-state index in [2.05, 4.69) is 22.2 Å². The second-order valence-electron chi connectivity index (χ2n) is 6.78. The van der Waals surface area contributed by atoms with Crippen LogP contribution in [0.2, 0.25) is 0 Å². The zero-order valence-corrected chi connectivity index (χ0v) is 15.0. The van der Waals surface area contributed by atoms with Gasteiger partial charge in [0.15, 0.2) is 0 Å². The van der Waals surface area contributed by atoms with Crippen LogP contribution in [0.3, 0.4) is 0 Å². The lowest BCUT2D eigenvalue weighted by Crippen LogP contribution is -2.62. The van der Waals surface area contributed by atoms with Crippen molar-refractivity contribution in [1.82, 2.24) is 15.1 Å². The number of nitrogens with one attached hydrogen (secondary N) is 1. The molecule has 134 valence electrons. The Morgan fingerprint density at radius 1 is 1.17 bits per heavy atom. The van der Waals surface area contributed by atoms with Crippen molar-refractivity contribution in [2.45, 2.75) is 24.8 Å². The molecule has 7 nitrogen and oxygen atoms in total. The van der Waals surface area contributed by atoms with E-state index < -0.39 is 9.84 Å². The molecule has 2 rings (SSSR count). The smallest absolute Gasteiger partial charge is 0.221 e. The lowest BCUT2D eigenvalue weighted by Gasteiger charge is -2.49. The van der Waals surface area contributed by atoms with Gasteiger partial charge in [0.1, 0.15) is 9.84 Å². The van der Waals surface area contributed by atoms with Crippen molar-refractivity contribution in [3.63, 3.8) is 0 Å². The van der Waals surface area contributed by atoms with Crippen molar-refractivity contribution in [3.8, 4) is 0 Å². The Morgan fingerprint density at radius 2 is 1.78 bits per heavy atom. The molecule has 2 fully saturated rings. The Kier molecular flexibility index (Phi) is 6.41. The Hall–Kier alpha value is -0.700. The highest BCUT2D eigenvalue weighted by atomic mass is 32.2. The first-order chi connectivity index (χ1) is 10.8. The van der Waals surface area contributed by atoms with E-state index in [0.717, 1.165) is 58.5 Å². The van der Waals surface area contributed by atoms with Crippen LogP contribution in [0.5, 0.6) is 0 Å². The summed E-state index contributed by atoms with van der Waals surface area (Å²) in [5.41, 5.74) is -0.0307. The molecule has 0 radical (unpaired) electrons. The number of amides is 1. The molecule has 0 spiro atoms. The predicted molar refractivity (Wildman–Crippen MR) is 89.2 cm³/mol. The Balaban J connectivity index is 1.93. The lowest BCUT2D eigenvalue weighted by atomic mass is 9.85. The maximum absolute atomic E-state index is 12.0. The Labute approximate surface area is 139 Å². The van der Waals surface area contributed by atoms with Gasteiger partial charge in [0.25, 0.3) is 0 Å². The van der Waals surface area contributed by atoms with Crippen molar-refractivity contribution in [1.29, 1.82) is 0 Å². The predicted octanol–water partition coefficient (Wildman–Crippen LogP) is -0.666. The fraction of sp³-hybridized carbons (Fsp3) is 0.933. The van der Waals surface area contributed by atoms with E-state index in [1.165, 1.54) is 0 Å². The molecule has 2 heterocycles. The Morgan fingerprint density at radius 3 is 2.35 bits per heavy atom. The number of carbonyl (C=O) groups excluding carboxylic acids is 1. The number of nitrogens with zero attached hydrogens (tertiary/aromatic N) is 2. The SMILES string of the molecule is CN1CCC(CNC(=O)CCS(C)(=O)=O)(N2CCOCC2)CC1. The van der Waals surface area contributed by atoms with Crippen molar-refractivity contribution < 1.29 is 17.9 Å². The van der Waals surface area contributed by atoms with E-state index in [-0.39, 0.29) is 23.6 Å². The summed E-state index contributed by atoms with van der Waals surface area (Å²) in [5, 5.41) is 2.97. The maximum Gasteiger partial charge on any atom is 0.221 e. The number of sulfone groups is 1. The average Bonchev–Trinajstić information content (AvgIpc) is 2.53. The molecule has 2 aliphatic heterocycles. The quantitative estimate of drug-likeness (QED) is 0.687. The molecule has 8 heteroatoms. The van der Waals surface area contributed by atoms with E-state index in [1.807, 2.05) is 0 Å². The van der Waals surface area contributed by atoms with Crippen LogP contribution in [-0.2, 0) is 19.4 Å². The summed E-state index contributed by atoms with van der Waals surface area (Å²) in [6.45, 7) is 5.86. The van der Waals surface area contributed by atoms with E-state index in [4.69, 9.17) is 4.74 Å². The van der Waals surface area contributed by atoms with E-state index >= 15 is 0 Å². The van der Waals surface area contributed by atoms with Crippen molar-refractivity contribution in [3.05, 3.63) is 0 Å². The third kappa shape index (κ3) is 5.70. The molecule has 0 aliphatic carbocycles. The van der Waals surface area contributed by atoms with Crippen LogP contribution < -0.4 is 5.32 Å². The second kappa shape index (κ2) is 7.92. The largest absolute Gasteiger partial charge is 0.379 e. The van der Waals surface area contributed by atoms with Crippen LogP contribution in [0.15, 0.2) is 0 Å². The van der Waals surface area contributed by atoms with Gasteiger partial charge in [-0.1, -0.05) is 0 Å². The van der Waals surface area contributed by atoms with Crippen LogP contribution in [-0.4, -0.2) is 94.7 Å². The standard InChI is InChI=1S/C15H29N3O4S/c1-17-6-4-15(5-7-17,18-8-10-22-11-9-18)13-16-14(19)3-12-23(2,20)21/h3-13H2,1-2H3,(H,16,19). The fourth-order valence-corrected chi connectivity index (χ4v) is 3.86. The van der Waals surface area contributed by atoms with Gasteiger partial charge < -0.3 is 15.0 Å². The van der Waals surface area contributed by atoms with Gasteiger partial charge in [-0.05, 0) is 33.0 Å². The number of morpholine rings is 1. The van der Waals surface area contributed by atoms with Crippen LogP contribution in [0.25, 0.3) is 0 Å². The van der Waals surface area contributed by atoms with E-state index in [0.29, 0.717) is 6.54 Å². The number of piperidine rings is 1.